The molecular formula is C14H19ClN2O. The lowest BCUT2D eigenvalue weighted by molar-refractivity contribution is 0.0698. The SMILES string of the molecule is CNc1ccc(Cl)cc1C(=O)N1CCC(C)CC1. The number of nitrogens with zero attached hydrogens (tertiary/aromatic N) is 1. The molecular weight excluding hydrogens is 248 g/mol. The van der Waals surface area contributed by atoms with Crippen LogP contribution in [-0.2, 0) is 0 Å². The van der Waals surface area contributed by atoms with Gasteiger partial charge >= 0.3 is 0 Å². The molecule has 2 rings (SSSR count). The first-order valence-corrected chi connectivity index (χ1v) is 6.76. The Balaban J connectivity index is 2.20. The Morgan fingerprint density at radius 3 is 2.67 bits per heavy atom. The number of nitrogens with one attached hydrogen (secondary N) is 1. The van der Waals surface area contributed by atoms with Gasteiger partial charge in [0.15, 0.2) is 0 Å². The highest BCUT2D eigenvalue weighted by Gasteiger charge is 2.23. The molecule has 4 heteroatoms. The maximum absolute atomic E-state index is 12.5. The highest BCUT2D eigenvalue weighted by Crippen LogP contribution is 2.24. The van der Waals surface area contributed by atoms with Gasteiger partial charge in [-0.25, -0.2) is 0 Å². The summed E-state index contributed by atoms with van der Waals surface area (Å²) in [4.78, 5) is 14.4. The lowest BCUT2D eigenvalue weighted by Crippen LogP contribution is -2.38. The van der Waals surface area contributed by atoms with Gasteiger partial charge in [0.2, 0.25) is 0 Å². The Bertz CT molecular complexity index is 439. The van der Waals surface area contributed by atoms with Crippen molar-refractivity contribution in [1.82, 2.24) is 4.90 Å². The molecule has 0 saturated carbocycles. The van der Waals surface area contributed by atoms with Crippen molar-refractivity contribution in [2.45, 2.75) is 19.8 Å². The predicted molar refractivity (Wildman–Crippen MR) is 75.3 cm³/mol. The normalized spacial score (nSPS) is 16.7. The monoisotopic (exact) mass is 266 g/mol. The number of rotatable bonds is 2. The van der Waals surface area contributed by atoms with E-state index in [1.54, 1.807) is 12.1 Å². The van der Waals surface area contributed by atoms with Crippen molar-refractivity contribution in [1.29, 1.82) is 0 Å². The number of benzene rings is 1. The van der Waals surface area contributed by atoms with E-state index in [4.69, 9.17) is 11.6 Å². The number of hydrogen-bond acceptors (Lipinski definition) is 2. The van der Waals surface area contributed by atoms with E-state index in [0.29, 0.717) is 10.6 Å². The predicted octanol–water partition coefficient (Wildman–Crippen LogP) is 3.25. The number of likely N-dealkylation sites (tertiary alicyclic amines) is 1. The summed E-state index contributed by atoms with van der Waals surface area (Å²) in [6.45, 7) is 3.92. The van der Waals surface area contributed by atoms with Crippen LogP contribution < -0.4 is 5.32 Å². The van der Waals surface area contributed by atoms with Gasteiger partial charge < -0.3 is 10.2 Å². The van der Waals surface area contributed by atoms with Crippen LogP contribution in [0.5, 0.6) is 0 Å². The molecule has 0 unspecified atom stereocenters. The molecule has 18 heavy (non-hydrogen) atoms. The topological polar surface area (TPSA) is 32.3 Å². The molecule has 0 bridgehead atoms. The number of carbonyl (C=O) groups excluding carboxylic acids is 1. The minimum absolute atomic E-state index is 0.0775. The zero-order valence-electron chi connectivity index (χ0n) is 10.9. The van der Waals surface area contributed by atoms with Gasteiger partial charge in [-0.05, 0) is 37.0 Å². The molecule has 0 spiro atoms. The van der Waals surface area contributed by atoms with Gasteiger partial charge in [0.25, 0.3) is 5.91 Å². The zero-order valence-corrected chi connectivity index (χ0v) is 11.6. The van der Waals surface area contributed by atoms with Crippen molar-refractivity contribution in [3.8, 4) is 0 Å². The Morgan fingerprint density at radius 1 is 1.39 bits per heavy atom. The molecule has 1 N–H and O–H groups in total. The van der Waals surface area contributed by atoms with E-state index in [-0.39, 0.29) is 5.91 Å². The van der Waals surface area contributed by atoms with Crippen LogP contribution in [0.3, 0.4) is 0 Å². The summed E-state index contributed by atoms with van der Waals surface area (Å²) in [6, 6.07) is 5.39. The molecule has 3 nitrogen and oxygen atoms in total. The van der Waals surface area contributed by atoms with E-state index >= 15 is 0 Å². The second kappa shape index (κ2) is 5.61. The van der Waals surface area contributed by atoms with Gasteiger partial charge in [0, 0.05) is 30.8 Å². The van der Waals surface area contributed by atoms with Crippen molar-refractivity contribution in [2.75, 3.05) is 25.5 Å². The third-order valence-corrected chi connectivity index (χ3v) is 3.79. The smallest absolute Gasteiger partial charge is 0.256 e. The summed E-state index contributed by atoms with van der Waals surface area (Å²) in [6.07, 6.45) is 2.17. The second-order valence-corrected chi connectivity index (χ2v) is 5.35. The van der Waals surface area contributed by atoms with E-state index in [9.17, 15) is 4.79 Å². The van der Waals surface area contributed by atoms with Crippen LogP contribution in [0.25, 0.3) is 0 Å². The van der Waals surface area contributed by atoms with Crippen LogP contribution in [0.1, 0.15) is 30.1 Å². The molecule has 0 radical (unpaired) electrons. The molecule has 1 fully saturated rings. The van der Waals surface area contributed by atoms with Crippen LogP contribution in [0, 0.1) is 5.92 Å². The van der Waals surface area contributed by atoms with Crippen LogP contribution in [0.4, 0.5) is 5.69 Å². The molecule has 1 aromatic carbocycles. The van der Waals surface area contributed by atoms with Crippen molar-refractivity contribution in [3.63, 3.8) is 0 Å². The fourth-order valence-electron chi connectivity index (χ4n) is 2.29. The summed E-state index contributed by atoms with van der Waals surface area (Å²) in [5.74, 6) is 0.797. The van der Waals surface area contributed by atoms with Crippen LogP contribution in [-0.4, -0.2) is 30.9 Å². The molecule has 0 aliphatic carbocycles. The van der Waals surface area contributed by atoms with Crippen LogP contribution in [0.2, 0.25) is 5.02 Å². The Labute approximate surface area is 113 Å². The summed E-state index contributed by atoms with van der Waals surface area (Å²) in [5, 5.41) is 3.65. The molecule has 0 aromatic heterocycles. The number of halogens is 1. The molecule has 0 atom stereocenters. The van der Waals surface area contributed by atoms with Crippen molar-refractivity contribution >= 4 is 23.2 Å². The second-order valence-electron chi connectivity index (χ2n) is 4.91. The van der Waals surface area contributed by atoms with Gasteiger partial charge in [-0.1, -0.05) is 18.5 Å². The first-order chi connectivity index (χ1) is 8.61. The fourth-order valence-corrected chi connectivity index (χ4v) is 2.47. The first-order valence-electron chi connectivity index (χ1n) is 6.38. The average Bonchev–Trinajstić information content (AvgIpc) is 2.39. The third-order valence-electron chi connectivity index (χ3n) is 3.55. The molecule has 1 saturated heterocycles. The standard InChI is InChI=1S/C14H19ClN2O/c1-10-5-7-17(8-6-10)14(18)12-9-11(15)3-4-13(12)16-2/h3-4,9-10,16H,5-8H2,1-2H3. The van der Waals surface area contributed by atoms with E-state index in [1.807, 2.05) is 18.0 Å². The maximum Gasteiger partial charge on any atom is 0.256 e. The Kier molecular flexibility index (Phi) is 4.12. The minimum Gasteiger partial charge on any atom is -0.387 e. The summed E-state index contributed by atoms with van der Waals surface area (Å²) < 4.78 is 0. The summed E-state index contributed by atoms with van der Waals surface area (Å²) in [7, 11) is 1.82. The lowest BCUT2D eigenvalue weighted by Gasteiger charge is -2.30. The number of anilines is 1. The van der Waals surface area contributed by atoms with Crippen LogP contribution >= 0.6 is 11.6 Å². The molecule has 1 aromatic rings. The van der Waals surface area contributed by atoms with Gasteiger partial charge in [-0.2, -0.15) is 0 Å². The number of hydrogen-bond donors (Lipinski definition) is 1. The van der Waals surface area contributed by atoms with E-state index in [1.165, 1.54) is 0 Å². The third kappa shape index (κ3) is 2.78. The zero-order chi connectivity index (χ0) is 13.1. The van der Waals surface area contributed by atoms with E-state index in [2.05, 4.69) is 12.2 Å². The molecule has 98 valence electrons. The Hall–Kier alpha value is -1.22. The van der Waals surface area contributed by atoms with Crippen LogP contribution in [0.15, 0.2) is 18.2 Å². The van der Waals surface area contributed by atoms with Gasteiger partial charge in [0.05, 0.1) is 5.56 Å². The number of amides is 1. The average molecular weight is 267 g/mol. The van der Waals surface area contributed by atoms with Gasteiger partial charge in [-0.15, -0.1) is 0 Å². The first kappa shape index (κ1) is 13.2. The Morgan fingerprint density at radius 2 is 2.06 bits per heavy atom. The van der Waals surface area contributed by atoms with Gasteiger partial charge in [-0.3, -0.25) is 4.79 Å². The fraction of sp³-hybridized carbons (Fsp3) is 0.500. The molecule has 1 amide bonds. The quantitative estimate of drug-likeness (QED) is 0.891. The lowest BCUT2D eigenvalue weighted by atomic mass is 9.98. The highest BCUT2D eigenvalue weighted by atomic mass is 35.5. The molecule has 1 heterocycles. The summed E-state index contributed by atoms with van der Waals surface area (Å²) >= 11 is 5.98. The number of piperidine rings is 1. The minimum atomic E-state index is 0.0775. The molecule has 1 aliphatic heterocycles. The van der Waals surface area contributed by atoms with Gasteiger partial charge in [0.1, 0.15) is 0 Å². The molecule has 1 aliphatic rings. The largest absolute Gasteiger partial charge is 0.387 e. The summed E-state index contributed by atoms with van der Waals surface area (Å²) in [5.41, 5.74) is 1.50. The van der Waals surface area contributed by atoms with Crippen molar-refractivity contribution < 1.29 is 4.79 Å². The maximum atomic E-state index is 12.5. The highest BCUT2D eigenvalue weighted by molar-refractivity contribution is 6.31. The van der Waals surface area contributed by atoms with E-state index < -0.39 is 0 Å². The number of carbonyl (C=O) groups is 1. The van der Waals surface area contributed by atoms with Crippen molar-refractivity contribution in [2.24, 2.45) is 5.92 Å². The van der Waals surface area contributed by atoms with E-state index in [0.717, 1.165) is 37.5 Å². The van der Waals surface area contributed by atoms with Crippen molar-refractivity contribution in [3.05, 3.63) is 28.8 Å².